The summed E-state index contributed by atoms with van der Waals surface area (Å²) in [6, 6.07) is 15.9. The molecule has 0 fully saturated rings. The first-order chi connectivity index (χ1) is 12.5. The van der Waals surface area contributed by atoms with Gasteiger partial charge in [0, 0.05) is 28.6 Å². The van der Waals surface area contributed by atoms with Crippen molar-refractivity contribution in [2.75, 3.05) is 11.4 Å². The fourth-order valence-electron chi connectivity index (χ4n) is 3.21. The third kappa shape index (κ3) is 3.28. The van der Waals surface area contributed by atoms with E-state index in [0.29, 0.717) is 36.2 Å². The Labute approximate surface area is 160 Å². The summed E-state index contributed by atoms with van der Waals surface area (Å²) in [6.07, 6.45) is 0.502. The van der Waals surface area contributed by atoms with Crippen molar-refractivity contribution in [2.24, 2.45) is 0 Å². The van der Waals surface area contributed by atoms with Crippen LogP contribution in [-0.2, 0) is 10.4 Å². The number of hydrogen-bond donors (Lipinski definition) is 1. The van der Waals surface area contributed by atoms with Crippen LogP contribution in [0.1, 0.15) is 35.2 Å². The number of hydrogen-bond acceptors (Lipinski definition) is 4. The Morgan fingerprint density at radius 1 is 1.23 bits per heavy atom. The number of carbonyl (C=O) groups is 2. The minimum absolute atomic E-state index is 0.309. The summed E-state index contributed by atoms with van der Waals surface area (Å²) in [4.78, 5) is 27.1. The fraction of sp³-hybridized carbons (Fsp3) is 0.250. The second-order valence-corrected chi connectivity index (χ2v) is 7.12. The predicted molar refractivity (Wildman–Crippen MR) is 101 cm³/mol. The van der Waals surface area contributed by atoms with Crippen LogP contribution in [0.25, 0.3) is 0 Å². The van der Waals surface area contributed by atoms with Crippen molar-refractivity contribution in [2.45, 2.75) is 24.9 Å². The zero-order valence-corrected chi connectivity index (χ0v) is 15.6. The molecule has 1 N–H and O–H groups in total. The van der Waals surface area contributed by atoms with Gasteiger partial charge in [0.2, 0.25) is 0 Å². The van der Waals surface area contributed by atoms with Gasteiger partial charge < -0.3 is 10.0 Å². The van der Waals surface area contributed by atoms with E-state index in [2.05, 4.69) is 22.0 Å². The first-order valence-electron chi connectivity index (χ1n) is 8.27. The number of amides is 1. The third-order valence-corrected chi connectivity index (χ3v) is 4.97. The van der Waals surface area contributed by atoms with Gasteiger partial charge in [-0.05, 0) is 24.6 Å². The number of fused-ring (bicyclic) bond motifs is 1. The monoisotopic (exact) mass is 412 g/mol. The van der Waals surface area contributed by atoms with E-state index in [9.17, 15) is 14.7 Å². The minimum Gasteiger partial charge on any atom is -0.375 e. The molecule has 0 saturated heterocycles. The molecule has 1 atom stereocenters. The highest BCUT2D eigenvalue weighted by atomic mass is 79.9. The first-order valence-corrected chi connectivity index (χ1v) is 9.06. The Hall–Kier alpha value is -2.49. The SMILES string of the molecule is N#CCCCN1C(=O)C(O)(CC(=O)c2cccc(Br)c2)c2ccccc21. The van der Waals surface area contributed by atoms with Crippen molar-refractivity contribution in [3.8, 4) is 6.07 Å². The lowest BCUT2D eigenvalue weighted by atomic mass is 9.88. The maximum atomic E-state index is 12.9. The number of anilines is 1. The van der Waals surface area contributed by atoms with E-state index in [1.54, 1.807) is 48.5 Å². The van der Waals surface area contributed by atoms with Crippen LogP contribution >= 0.6 is 15.9 Å². The van der Waals surface area contributed by atoms with Crippen LogP contribution in [0.5, 0.6) is 0 Å². The first kappa shape index (κ1) is 18.3. The molecule has 3 rings (SSSR count). The molecule has 1 aliphatic rings. The van der Waals surface area contributed by atoms with Crippen molar-refractivity contribution >= 4 is 33.3 Å². The van der Waals surface area contributed by atoms with E-state index in [1.165, 1.54) is 4.90 Å². The molecule has 2 aromatic rings. The predicted octanol–water partition coefficient (Wildman–Crippen LogP) is 3.56. The number of benzene rings is 2. The van der Waals surface area contributed by atoms with Gasteiger partial charge in [-0.25, -0.2) is 0 Å². The minimum atomic E-state index is -1.89. The normalized spacial score (nSPS) is 18.5. The van der Waals surface area contributed by atoms with Gasteiger partial charge in [-0.3, -0.25) is 9.59 Å². The number of nitrogens with zero attached hydrogens (tertiary/aromatic N) is 2. The average molecular weight is 413 g/mol. The van der Waals surface area contributed by atoms with Gasteiger partial charge in [0.1, 0.15) is 0 Å². The van der Waals surface area contributed by atoms with Crippen LogP contribution < -0.4 is 4.90 Å². The van der Waals surface area contributed by atoms with Crippen LogP contribution in [0.2, 0.25) is 0 Å². The Kier molecular flexibility index (Phi) is 5.21. The molecule has 26 heavy (non-hydrogen) atoms. The van der Waals surface area contributed by atoms with Gasteiger partial charge in [-0.2, -0.15) is 5.26 Å². The highest BCUT2D eigenvalue weighted by Gasteiger charge is 2.50. The Morgan fingerprint density at radius 2 is 2.00 bits per heavy atom. The van der Waals surface area contributed by atoms with E-state index in [4.69, 9.17) is 5.26 Å². The standard InChI is InChI=1S/C20H17BrN2O3/c21-15-7-5-6-14(12-15)18(24)13-20(26)16-8-1-2-9-17(16)23(19(20)25)11-4-3-10-22/h1-2,5-9,12,26H,3-4,11,13H2. The maximum absolute atomic E-state index is 12.9. The smallest absolute Gasteiger partial charge is 0.264 e. The number of unbranched alkanes of at least 4 members (excludes halogenated alkanes) is 1. The van der Waals surface area contributed by atoms with Gasteiger partial charge in [0.05, 0.1) is 18.2 Å². The summed E-state index contributed by atoms with van der Waals surface area (Å²) >= 11 is 3.32. The van der Waals surface area contributed by atoms with E-state index < -0.39 is 11.5 Å². The van der Waals surface area contributed by atoms with Gasteiger partial charge in [0.25, 0.3) is 5.91 Å². The molecular formula is C20H17BrN2O3. The molecule has 1 aliphatic heterocycles. The van der Waals surface area contributed by atoms with Crippen LogP contribution in [0.3, 0.4) is 0 Å². The molecule has 0 radical (unpaired) electrons. The Morgan fingerprint density at radius 3 is 2.73 bits per heavy atom. The molecule has 0 bridgehead atoms. The molecule has 0 saturated carbocycles. The molecule has 0 aromatic heterocycles. The molecule has 6 heteroatoms. The lowest BCUT2D eigenvalue weighted by Crippen LogP contribution is -2.42. The van der Waals surface area contributed by atoms with Crippen LogP contribution in [0, 0.1) is 11.3 Å². The Balaban J connectivity index is 1.91. The van der Waals surface area contributed by atoms with Gasteiger partial charge in [0.15, 0.2) is 11.4 Å². The number of nitriles is 1. The van der Waals surface area contributed by atoms with Crippen LogP contribution in [0.4, 0.5) is 5.69 Å². The molecule has 2 aromatic carbocycles. The molecule has 0 aliphatic carbocycles. The summed E-state index contributed by atoms with van der Waals surface area (Å²) in [5, 5.41) is 19.9. The van der Waals surface area contributed by atoms with E-state index in [1.807, 2.05) is 0 Å². The molecule has 5 nitrogen and oxygen atoms in total. The molecule has 1 heterocycles. The summed E-state index contributed by atoms with van der Waals surface area (Å²) in [7, 11) is 0. The average Bonchev–Trinajstić information content (AvgIpc) is 2.84. The molecular weight excluding hydrogens is 396 g/mol. The van der Waals surface area contributed by atoms with Gasteiger partial charge >= 0.3 is 0 Å². The maximum Gasteiger partial charge on any atom is 0.264 e. The van der Waals surface area contributed by atoms with Gasteiger partial charge in [-0.1, -0.05) is 46.3 Å². The zero-order chi connectivity index (χ0) is 18.7. The van der Waals surface area contributed by atoms with Crippen molar-refractivity contribution in [3.63, 3.8) is 0 Å². The number of aliphatic hydroxyl groups is 1. The van der Waals surface area contributed by atoms with Crippen molar-refractivity contribution in [3.05, 3.63) is 64.1 Å². The van der Waals surface area contributed by atoms with Crippen LogP contribution in [0.15, 0.2) is 53.0 Å². The lowest BCUT2D eigenvalue weighted by molar-refractivity contribution is -0.135. The summed E-state index contributed by atoms with van der Waals surface area (Å²) < 4.78 is 0.756. The van der Waals surface area contributed by atoms with E-state index >= 15 is 0 Å². The summed E-state index contributed by atoms with van der Waals surface area (Å²) in [5.41, 5.74) is -0.422. The highest BCUT2D eigenvalue weighted by Crippen LogP contribution is 2.43. The van der Waals surface area contributed by atoms with Gasteiger partial charge in [-0.15, -0.1) is 0 Å². The number of ketones is 1. The molecule has 132 valence electrons. The van der Waals surface area contributed by atoms with Crippen molar-refractivity contribution < 1.29 is 14.7 Å². The Bertz CT molecular complexity index is 906. The second kappa shape index (κ2) is 7.40. The van der Waals surface area contributed by atoms with Crippen molar-refractivity contribution in [1.82, 2.24) is 0 Å². The number of rotatable bonds is 6. The largest absolute Gasteiger partial charge is 0.375 e. The number of halogens is 1. The van der Waals surface area contributed by atoms with E-state index in [-0.39, 0.29) is 12.2 Å². The highest BCUT2D eigenvalue weighted by molar-refractivity contribution is 9.10. The quantitative estimate of drug-likeness (QED) is 0.580. The third-order valence-electron chi connectivity index (χ3n) is 4.47. The number of Topliss-reactive ketones (excluding diaryl/α,β-unsaturated/α-hetero) is 1. The zero-order valence-electron chi connectivity index (χ0n) is 14.0. The number of para-hydroxylation sites is 1. The van der Waals surface area contributed by atoms with Crippen LogP contribution in [-0.4, -0.2) is 23.3 Å². The summed E-state index contributed by atoms with van der Waals surface area (Å²) in [6.45, 7) is 0.330. The van der Waals surface area contributed by atoms with E-state index in [0.717, 1.165) is 4.47 Å². The molecule has 0 spiro atoms. The fourth-order valence-corrected chi connectivity index (χ4v) is 3.61. The number of carbonyl (C=O) groups excluding carboxylic acids is 2. The lowest BCUT2D eigenvalue weighted by Gasteiger charge is -2.22. The summed E-state index contributed by atoms with van der Waals surface area (Å²) in [5.74, 6) is -0.823. The van der Waals surface area contributed by atoms with Crippen molar-refractivity contribution in [1.29, 1.82) is 5.26 Å². The molecule has 1 unspecified atom stereocenters. The second-order valence-electron chi connectivity index (χ2n) is 6.21. The molecule has 1 amide bonds. The topological polar surface area (TPSA) is 81.4 Å².